The highest BCUT2D eigenvalue weighted by molar-refractivity contribution is 6.19. The van der Waals surface area contributed by atoms with Gasteiger partial charge in [0.1, 0.15) is 11.5 Å². The number of amidine groups is 1. The third-order valence-corrected chi connectivity index (χ3v) is 3.75. The lowest BCUT2D eigenvalue weighted by molar-refractivity contribution is -0.115. The monoisotopic (exact) mass is 290 g/mol. The van der Waals surface area contributed by atoms with Crippen molar-refractivity contribution < 1.29 is 4.79 Å². The van der Waals surface area contributed by atoms with Crippen molar-refractivity contribution in [1.82, 2.24) is 5.32 Å². The molecule has 0 radical (unpaired) electrons. The number of rotatable bonds is 2. The fourth-order valence-corrected chi connectivity index (χ4v) is 2.38. The minimum absolute atomic E-state index is 0.156. The Hall–Kier alpha value is -2.68. The average Bonchev–Trinajstić information content (AvgIpc) is 2.85. The van der Waals surface area contributed by atoms with E-state index in [9.17, 15) is 4.79 Å². The number of hydrogen-bond acceptors (Lipinski definition) is 2. The summed E-state index contributed by atoms with van der Waals surface area (Å²) < 4.78 is 0. The zero-order chi connectivity index (χ0) is 15.7. The van der Waals surface area contributed by atoms with Crippen molar-refractivity contribution in [2.45, 2.75) is 20.8 Å². The SMILES string of the molecule is Cc1ccc(C2=N/C(=C/c3cc(C)ccc3C)C(=O)N2)cc1. The van der Waals surface area contributed by atoms with E-state index in [0.717, 1.165) is 16.7 Å². The second-order valence-corrected chi connectivity index (χ2v) is 5.67. The number of nitrogens with zero attached hydrogens (tertiary/aromatic N) is 1. The molecular formula is C19H18N2O. The number of carbonyl (C=O) groups is 1. The lowest BCUT2D eigenvalue weighted by Gasteiger charge is -2.02. The van der Waals surface area contributed by atoms with E-state index in [-0.39, 0.29) is 5.91 Å². The molecule has 3 heteroatoms. The molecule has 3 nitrogen and oxygen atoms in total. The van der Waals surface area contributed by atoms with Crippen molar-refractivity contribution >= 4 is 17.8 Å². The first-order valence-electron chi connectivity index (χ1n) is 7.29. The average molecular weight is 290 g/mol. The molecular weight excluding hydrogens is 272 g/mol. The molecule has 0 unspecified atom stereocenters. The van der Waals surface area contributed by atoms with E-state index in [1.54, 1.807) is 0 Å². The molecule has 2 aromatic rings. The smallest absolute Gasteiger partial charge is 0.275 e. The van der Waals surface area contributed by atoms with Crippen LogP contribution in [-0.2, 0) is 4.79 Å². The van der Waals surface area contributed by atoms with E-state index in [1.165, 1.54) is 11.1 Å². The Morgan fingerprint density at radius 1 is 0.955 bits per heavy atom. The second kappa shape index (κ2) is 5.60. The Morgan fingerprint density at radius 3 is 2.36 bits per heavy atom. The van der Waals surface area contributed by atoms with Crippen molar-refractivity contribution in [3.63, 3.8) is 0 Å². The van der Waals surface area contributed by atoms with E-state index >= 15 is 0 Å². The van der Waals surface area contributed by atoms with E-state index in [4.69, 9.17) is 0 Å². The van der Waals surface area contributed by atoms with Crippen LogP contribution in [-0.4, -0.2) is 11.7 Å². The van der Waals surface area contributed by atoms with Crippen molar-refractivity contribution in [2.75, 3.05) is 0 Å². The van der Waals surface area contributed by atoms with Gasteiger partial charge in [0.05, 0.1) is 0 Å². The molecule has 0 saturated heterocycles. The second-order valence-electron chi connectivity index (χ2n) is 5.67. The molecule has 0 aliphatic carbocycles. The van der Waals surface area contributed by atoms with Crippen molar-refractivity contribution in [2.24, 2.45) is 4.99 Å². The van der Waals surface area contributed by atoms with Gasteiger partial charge in [0.15, 0.2) is 0 Å². The van der Waals surface area contributed by atoms with Gasteiger partial charge < -0.3 is 5.32 Å². The molecule has 0 aromatic heterocycles. The first-order valence-corrected chi connectivity index (χ1v) is 7.29. The largest absolute Gasteiger partial charge is 0.305 e. The maximum atomic E-state index is 12.1. The standard InChI is InChI=1S/C19H18N2O/c1-12-5-8-15(9-6-12)18-20-17(19(22)21-18)11-16-10-13(2)4-7-14(16)3/h4-11H,1-3H3,(H,20,21,22)/b17-11+. The predicted octanol–water partition coefficient (Wildman–Crippen LogP) is 3.53. The molecule has 0 fully saturated rings. The van der Waals surface area contributed by atoms with Crippen LogP contribution in [0.1, 0.15) is 27.8 Å². The Bertz CT molecular complexity index is 799. The Kier molecular flexibility index (Phi) is 3.63. The van der Waals surface area contributed by atoms with Gasteiger partial charge in [0.25, 0.3) is 5.91 Å². The fraction of sp³-hybridized carbons (Fsp3) is 0.158. The molecule has 2 aromatic carbocycles. The predicted molar refractivity (Wildman–Crippen MR) is 89.8 cm³/mol. The summed E-state index contributed by atoms with van der Waals surface area (Å²) in [5.74, 6) is 0.457. The van der Waals surface area contributed by atoms with Crippen LogP contribution in [0.4, 0.5) is 0 Å². The first kappa shape index (κ1) is 14.3. The molecule has 110 valence electrons. The normalized spacial score (nSPS) is 15.9. The van der Waals surface area contributed by atoms with E-state index in [2.05, 4.69) is 28.5 Å². The molecule has 0 atom stereocenters. The van der Waals surface area contributed by atoms with Gasteiger partial charge >= 0.3 is 0 Å². The summed E-state index contributed by atoms with van der Waals surface area (Å²) in [6.45, 7) is 6.10. The molecule has 22 heavy (non-hydrogen) atoms. The summed E-state index contributed by atoms with van der Waals surface area (Å²) in [7, 11) is 0. The molecule has 0 saturated carbocycles. The van der Waals surface area contributed by atoms with Gasteiger partial charge in [-0.1, -0.05) is 53.6 Å². The molecule has 1 amide bonds. The summed E-state index contributed by atoms with van der Waals surface area (Å²) in [4.78, 5) is 16.6. The van der Waals surface area contributed by atoms with Crippen molar-refractivity contribution in [1.29, 1.82) is 0 Å². The number of carbonyl (C=O) groups excluding carboxylic acids is 1. The number of benzene rings is 2. The van der Waals surface area contributed by atoms with Gasteiger partial charge in [-0.2, -0.15) is 0 Å². The molecule has 0 spiro atoms. The molecule has 1 aliphatic heterocycles. The minimum atomic E-state index is -0.156. The summed E-state index contributed by atoms with van der Waals surface area (Å²) in [6, 6.07) is 14.1. The van der Waals surface area contributed by atoms with Crippen molar-refractivity contribution in [3.05, 3.63) is 76.0 Å². The topological polar surface area (TPSA) is 41.5 Å². The molecule has 1 N–H and O–H groups in total. The highest BCUT2D eigenvalue weighted by Crippen LogP contribution is 2.18. The third kappa shape index (κ3) is 2.84. The van der Waals surface area contributed by atoms with E-state index in [1.807, 2.05) is 51.1 Å². The van der Waals surface area contributed by atoms with Crippen LogP contribution in [0.3, 0.4) is 0 Å². The van der Waals surface area contributed by atoms with Gasteiger partial charge in [-0.05, 0) is 38.0 Å². The number of nitrogens with one attached hydrogen (secondary N) is 1. The van der Waals surface area contributed by atoms with Crippen LogP contribution in [0.5, 0.6) is 0 Å². The van der Waals surface area contributed by atoms with Crippen LogP contribution in [0.25, 0.3) is 6.08 Å². The molecule has 1 aliphatic rings. The van der Waals surface area contributed by atoms with Crippen molar-refractivity contribution in [3.8, 4) is 0 Å². The number of hydrogen-bond donors (Lipinski definition) is 1. The molecule has 1 heterocycles. The Labute approximate surface area is 130 Å². The van der Waals surface area contributed by atoms with Crippen LogP contribution >= 0.6 is 0 Å². The lowest BCUT2D eigenvalue weighted by atomic mass is 10.0. The van der Waals surface area contributed by atoms with E-state index < -0.39 is 0 Å². The zero-order valence-electron chi connectivity index (χ0n) is 13.0. The summed E-state index contributed by atoms with van der Waals surface area (Å²) >= 11 is 0. The zero-order valence-corrected chi connectivity index (χ0v) is 13.0. The van der Waals surface area contributed by atoms with E-state index in [0.29, 0.717) is 11.5 Å². The molecule has 3 rings (SSSR count). The van der Waals surface area contributed by atoms with Gasteiger partial charge in [0, 0.05) is 5.56 Å². The van der Waals surface area contributed by atoms with Crippen LogP contribution < -0.4 is 5.32 Å². The highest BCUT2D eigenvalue weighted by Gasteiger charge is 2.21. The Morgan fingerprint density at radius 2 is 1.64 bits per heavy atom. The number of aliphatic imine (C=N–C) groups is 1. The summed E-state index contributed by atoms with van der Waals surface area (Å²) in [5, 5.41) is 2.84. The Balaban J connectivity index is 1.97. The van der Waals surface area contributed by atoms with Crippen LogP contribution in [0.15, 0.2) is 53.2 Å². The third-order valence-electron chi connectivity index (χ3n) is 3.75. The summed E-state index contributed by atoms with van der Waals surface area (Å²) in [6.07, 6.45) is 1.85. The first-order chi connectivity index (χ1) is 10.5. The van der Waals surface area contributed by atoms with Crippen LogP contribution in [0.2, 0.25) is 0 Å². The van der Waals surface area contributed by atoms with Crippen LogP contribution in [0, 0.1) is 20.8 Å². The minimum Gasteiger partial charge on any atom is -0.305 e. The van der Waals surface area contributed by atoms with Gasteiger partial charge in [-0.3, -0.25) is 4.79 Å². The van der Waals surface area contributed by atoms with Gasteiger partial charge in [-0.25, -0.2) is 4.99 Å². The fourth-order valence-electron chi connectivity index (χ4n) is 2.38. The summed E-state index contributed by atoms with van der Waals surface area (Å²) in [5.41, 5.74) is 5.87. The maximum absolute atomic E-state index is 12.1. The quantitative estimate of drug-likeness (QED) is 0.845. The number of amides is 1. The molecule has 0 bridgehead atoms. The van der Waals surface area contributed by atoms with Gasteiger partial charge in [-0.15, -0.1) is 0 Å². The highest BCUT2D eigenvalue weighted by atomic mass is 16.2. The van der Waals surface area contributed by atoms with Gasteiger partial charge in [0.2, 0.25) is 0 Å². The maximum Gasteiger partial charge on any atom is 0.275 e. The number of aryl methyl sites for hydroxylation is 3. The lowest BCUT2D eigenvalue weighted by Crippen LogP contribution is -2.24.